The molecule has 0 aliphatic heterocycles. The van der Waals surface area contributed by atoms with Crippen molar-refractivity contribution in [3.8, 4) is 0 Å². The van der Waals surface area contributed by atoms with Gasteiger partial charge in [-0.2, -0.15) is 0 Å². The molecule has 0 saturated heterocycles. The van der Waals surface area contributed by atoms with Crippen molar-refractivity contribution in [3.05, 3.63) is 22.4 Å². The molecule has 2 nitrogen and oxygen atoms in total. The van der Waals surface area contributed by atoms with Crippen LogP contribution in [0, 0.1) is 0 Å². The van der Waals surface area contributed by atoms with Gasteiger partial charge in [-0.1, -0.05) is 6.07 Å². The molecule has 0 aliphatic rings. The quantitative estimate of drug-likeness (QED) is 0.657. The van der Waals surface area contributed by atoms with Crippen LogP contribution in [0.1, 0.15) is 18.7 Å². The monoisotopic (exact) mass is 200 g/mol. The van der Waals surface area contributed by atoms with E-state index in [1.54, 1.807) is 11.3 Å². The van der Waals surface area contributed by atoms with Crippen LogP contribution in [0.4, 0.5) is 0 Å². The van der Waals surface area contributed by atoms with Crippen molar-refractivity contribution in [2.75, 3.05) is 13.2 Å². The van der Waals surface area contributed by atoms with Gasteiger partial charge < -0.3 is 9.47 Å². The van der Waals surface area contributed by atoms with Crippen LogP contribution in [-0.4, -0.2) is 19.5 Å². The van der Waals surface area contributed by atoms with Crippen molar-refractivity contribution in [1.82, 2.24) is 0 Å². The highest BCUT2D eigenvalue weighted by molar-refractivity contribution is 7.09. The van der Waals surface area contributed by atoms with Crippen LogP contribution < -0.4 is 0 Å². The van der Waals surface area contributed by atoms with E-state index in [0.29, 0.717) is 13.2 Å². The average molecular weight is 200 g/mol. The van der Waals surface area contributed by atoms with E-state index < -0.39 is 0 Å². The van der Waals surface area contributed by atoms with Crippen molar-refractivity contribution in [1.29, 1.82) is 0 Å². The SMILES string of the molecule is CCOC(Cc1cccs1)OCC. The minimum Gasteiger partial charge on any atom is -0.353 e. The zero-order chi connectivity index (χ0) is 9.52. The number of rotatable bonds is 6. The van der Waals surface area contributed by atoms with Gasteiger partial charge in [-0.25, -0.2) is 0 Å². The molecule has 0 N–H and O–H groups in total. The molecule has 0 amide bonds. The standard InChI is InChI=1S/C10H16O2S/c1-3-11-10(12-4-2)8-9-6-5-7-13-9/h5-7,10H,3-4,8H2,1-2H3. The molecule has 0 spiro atoms. The van der Waals surface area contributed by atoms with Crippen LogP contribution in [0.15, 0.2) is 17.5 Å². The van der Waals surface area contributed by atoms with Gasteiger partial charge in [0.2, 0.25) is 0 Å². The number of hydrogen-bond acceptors (Lipinski definition) is 3. The Bertz CT molecular complexity index is 203. The maximum Gasteiger partial charge on any atom is 0.162 e. The summed E-state index contributed by atoms with van der Waals surface area (Å²) in [6, 6.07) is 4.16. The van der Waals surface area contributed by atoms with Crippen LogP contribution in [0.5, 0.6) is 0 Å². The van der Waals surface area contributed by atoms with Crippen LogP contribution in [0.2, 0.25) is 0 Å². The molecule has 74 valence electrons. The van der Waals surface area contributed by atoms with E-state index in [1.807, 2.05) is 13.8 Å². The Kier molecular flexibility index (Phi) is 5.05. The molecule has 0 aliphatic carbocycles. The molecule has 0 atom stereocenters. The first-order chi connectivity index (χ1) is 6.36. The Morgan fingerprint density at radius 1 is 1.31 bits per heavy atom. The van der Waals surface area contributed by atoms with Crippen molar-refractivity contribution in [2.45, 2.75) is 26.6 Å². The van der Waals surface area contributed by atoms with Gasteiger partial charge in [0.05, 0.1) is 0 Å². The lowest BCUT2D eigenvalue weighted by atomic mass is 10.3. The van der Waals surface area contributed by atoms with Gasteiger partial charge >= 0.3 is 0 Å². The highest BCUT2D eigenvalue weighted by atomic mass is 32.1. The van der Waals surface area contributed by atoms with Crippen LogP contribution in [0.3, 0.4) is 0 Å². The zero-order valence-electron chi connectivity index (χ0n) is 8.16. The lowest BCUT2D eigenvalue weighted by Gasteiger charge is -2.15. The summed E-state index contributed by atoms with van der Waals surface area (Å²) >= 11 is 1.74. The predicted octanol–water partition coefficient (Wildman–Crippen LogP) is 2.69. The summed E-state index contributed by atoms with van der Waals surface area (Å²) in [6.07, 6.45) is 0.785. The first-order valence-corrected chi connectivity index (χ1v) is 5.50. The first kappa shape index (κ1) is 10.7. The zero-order valence-corrected chi connectivity index (χ0v) is 8.97. The lowest BCUT2D eigenvalue weighted by Crippen LogP contribution is -2.19. The Balaban J connectivity index is 2.37. The molecule has 0 unspecified atom stereocenters. The van der Waals surface area contributed by atoms with E-state index in [-0.39, 0.29) is 6.29 Å². The minimum atomic E-state index is -0.0753. The van der Waals surface area contributed by atoms with Gasteiger partial charge in [0.1, 0.15) is 0 Å². The Morgan fingerprint density at radius 3 is 2.46 bits per heavy atom. The van der Waals surface area contributed by atoms with E-state index in [4.69, 9.17) is 9.47 Å². The summed E-state index contributed by atoms with van der Waals surface area (Å²) < 4.78 is 10.9. The highest BCUT2D eigenvalue weighted by Crippen LogP contribution is 2.13. The molecule has 1 heterocycles. The molecule has 0 bridgehead atoms. The van der Waals surface area contributed by atoms with Crippen molar-refractivity contribution in [2.24, 2.45) is 0 Å². The van der Waals surface area contributed by atoms with E-state index in [1.165, 1.54) is 4.88 Å². The maximum atomic E-state index is 5.44. The second kappa shape index (κ2) is 6.13. The molecule has 1 rings (SSSR count). The highest BCUT2D eigenvalue weighted by Gasteiger charge is 2.08. The van der Waals surface area contributed by atoms with E-state index in [0.717, 1.165) is 6.42 Å². The van der Waals surface area contributed by atoms with Gasteiger partial charge in [0.25, 0.3) is 0 Å². The van der Waals surface area contributed by atoms with Gasteiger partial charge in [0, 0.05) is 24.5 Å². The fourth-order valence-corrected chi connectivity index (χ4v) is 1.85. The predicted molar refractivity (Wildman–Crippen MR) is 55.1 cm³/mol. The van der Waals surface area contributed by atoms with Crippen molar-refractivity contribution < 1.29 is 9.47 Å². The van der Waals surface area contributed by atoms with Crippen LogP contribution in [0.25, 0.3) is 0 Å². The second-order valence-corrected chi connectivity index (χ2v) is 3.66. The molecule has 0 radical (unpaired) electrons. The smallest absolute Gasteiger partial charge is 0.162 e. The third-order valence-electron chi connectivity index (χ3n) is 1.65. The van der Waals surface area contributed by atoms with Gasteiger partial charge in [-0.3, -0.25) is 0 Å². The van der Waals surface area contributed by atoms with Crippen LogP contribution >= 0.6 is 11.3 Å². The summed E-state index contributed by atoms with van der Waals surface area (Å²) in [5.41, 5.74) is 0. The fourth-order valence-electron chi connectivity index (χ4n) is 1.13. The summed E-state index contributed by atoms with van der Waals surface area (Å²) in [4.78, 5) is 1.31. The largest absolute Gasteiger partial charge is 0.353 e. The Morgan fingerprint density at radius 2 is 2.00 bits per heavy atom. The van der Waals surface area contributed by atoms with Crippen LogP contribution in [-0.2, 0) is 15.9 Å². The minimum absolute atomic E-state index is 0.0753. The number of hydrogen-bond donors (Lipinski definition) is 0. The fraction of sp³-hybridized carbons (Fsp3) is 0.600. The molecule has 0 aromatic carbocycles. The molecule has 0 fully saturated rings. The van der Waals surface area contributed by atoms with E-state index >= 15 is 0 Å². The molecular formula is C10H16O2S. The Hall–Kier alpha value is -0.380. The summed E-state index contributed by atoms with van der Waals surface area (Å²) in [5, 5.41) is 2.07. The Labute approximate surface area is 83.5 Å². The molecular weight excluding hydrogens is 184 g/mol. The molecule has 3 heteroatoms. The maximum absolute atomic E-state index is 5.44. The van der Waals surface area contributed by atoms with Gasteiger partial charge in [-0.15, -0.1) is 11.3 Å². The average Bonchev–Trinajstić information content (AvgIpc) is 2.58. The normalized spacial score (nSPS) is 11.0. The number of thiophene rings is 1. The van der Waals surface area contributed by atoms with E-state index in [9.17, 15) is 0 Å². The first-order valence-electron chi connectivity index (χ1n) is 4.62. The number of ether oxygens (including phenoxy) is 2. The van der Waals surface area contributed by atoms with Crippen molar-refractivity contribution >= 4 is 11.3 Å². The summed E-state index contributed by atoms with van der Waals surface area (Å²) in [7, 11) is 0. The third-order valence-corrected chi connectivity index (χ3v) is 2.55. The van der Waals surface area contributed by atoms with Gasteiger partial charge in [-0.05, 0) is 25.3 Å². The summed E-state index contributed by atoms with van der Waals surface area (Å²) in [6.45, 7) is 5.38. The summed E-state index contributed by atoms with van der Waals surface area (Å²) in [5.74, 6) is 0. The van der Waals surface area contributed by atoms with E-state index in [2.05, 4.69) is 17.5 Å². The molecule has 1 aromatic heterocycles. The second-order valence-electron chi connectivity index (χ2n) is 2.62. The topological polar surface area (TPSA) is 18.5 Å². The van der Waals surface area contributed by atoms with Gasteiger partial charge in [0.15, 0.2) is 6.29 Å². The van der Waals surface area contributed by atoms with Crippen molar-refractivity contribution in [3.63, 3.8) is 0 Å². The molecule has 1 aromatic rings. The molecule has 13 heavy (non-hydrogen) atoms. The third kappa shape index (κ3) is 3.89. The molecule has 0 saturated carbocycles. The lowest BCUT2D eigenvalue weighted by molar-refractivity contribution is -0.134.